The molecule has 1 aromatic carbocycles. The highest BCUT2D eigenvalue weighted by Gasteiger charge is 2.23. The molecule has 1 heterocycles. The number of benzene rings is 1. The fourth-order valence-electron chi connectivity index (χ4n) is 1.74. The van der Waals surface area contributed by atoms with Gasteiger partial charge in [-0.05, 0) is 12.1 Å². The maximum absolute atomic E-state index is 10.8. The first-order valence-corrected chi connectivity index (χ1v) is 5.25. The van der Waals surface area contributed by atoms with E-state index in [4.69, 9.17) is 5.26 Å². The van der Waals surface area contributed by atoms with Gasteiger partial charge in [0.2, 0.25) is 0 Å². The number of nitrogens with one attached hydrogen (secondary N) is 1. The third-order valence-electron chi connectivity index (χ3n) is 3.01. The first-order chi connectivity index (χ1) is 8.13. The van der Waals surface area contributed by atoms with Gasteiger partial charge in [-0.2, -0.15) is 5.26 Å². The summed E-state index contributed by atoms with van der Waals surface area (Å²) in [6.45, 7) is 1.76. The average Bonchev–Trinajstić information content (AvgIpc) is 2.25. The zero-order valence-electron chi connectivity index (χ0n) is 9.38. The van der Waals surface area contributed by atoms with Gasteiger partial charge in [0, 0.05) is 31.9 Å². The van der Waals surface area contributed by atoms with Gasteiger partial charge in [0.15, 0.2) is 0 Å². The van der Waals surface area contributed by atoms with E-state index in [1.807, 2.05) is 18.0 Å². The van der Waals surface area contributed by atoms with Crippen LogP contribution >= 0.6 is 0 Å². The Morgan fingerprint density at radius 2 is 2.29 bits per heavy atom. The maximum Gasteiger partial charge on any atom is 0.289 e. The highest BCUT2D eigenvalue weighted by molar-refractivity contribution is 5.60. The molecule has 6 heteroatoms. The minimum atomic E-state index is -0.519. The van der Waals surface area contributed by atoms with E-state index in [0.29, 0.717) is 6.04 Å². The molecule has 1 saturated heterocycles. The fourth-order valence-corrected chi connectivity index (χ4v) is 1.74. The molecule has 0 bridgehead atoms. The molecule has 88 valence electrons. The van der Waals surface area contributed by atoms with E-state index in [2.05, 4.69) is 5.32 Å². The Labute approximate surface area is 98.6 Å². The molecule has 0 unspecified atom stereocenters. The third-order valence-corrected chi connectivity index (χ3v) is 3.01. The van der Waals surface area contributed by atoms with Crippen molar-refractivity contribution in [1.29, 1.82) is 5.26 Å². The number of nitro groups is 1. The number of nitriles is 1. The van der Waals surface area contributed by atoms with Crippen LogP contribution in [0.3, 0.4) is 0 Å². The van der Waals surface area contributed by atoms with Gasteiger partial charge in [0.1, 0.15) is 11.6 Å². The van der Waals surface area contributed by atoms with Crippen LogP contribution in [0.2, 0.25) is 0 Å². The minimum Gasteiger partial charge on any atom is -0.369 e. The van der Waals surface area contributed by atoms with Gasteiger partial charge in [0.25, 0.3) is 5.69 Å². The molecule has 1 aliphatic rings. The molecule has 0 aromatic heterocycles. The molecule has 0 aliphatic carbocycles. The quantitative estimate of drug-likeness (QED) is 0.617. The van der Waals surface area contributed by atoms with Crippen molar-refractivity contribution >= 4 is 11.4 Å². The topological polar surface area (TPSA) is 82.2 Å². The summed E-state index contributed by atoms with van der Waals surface area (Å²) in [5.74, 6) is 0. The van der Waals surface area contributed by atoms with Crippen LogP contribution in [-0.4, -0.2) is 31.1 Å². The molecular weight excluding hydrogens is 220 g/mol. The van der Waals surface area contributed by atoms with E-state index >= 15 is 0 Å². The van der Waals surface area contributed by atoms with Crippen LogP contribution in [0.4, 0.5) is 11.4 Å². The van der Waals surface area contributed by atoms with Gasteiger partial charge in [0.05, 0.1) is 11.0 Å². The Kier molecular flexibility index (Phi) is 2.93. The molecule has 1 N–H and O–H groups in total. The molecule has 0 radical (unpaired) electrons. The molecule has 1 aliphatic heterocycles. The van der Waals surface area contributed by atoms with Crippen molar-refractivity contribution in [1.82, 2.24) is 5.32 Å². The molecule has 6 nitrogen and oxygen atoms in total. The van der Waals surface area contributed by atoms with Crippen molar-refractivity contribution in [3.63, 3.8) is 0 Å². The fraction of sp³-hybridized carbons (Fsp3) is 0.364. The lowest BCUT2D eigenvalue weighted by Crippen LogP contribution is -2.56. The Hall–Kier alpha value is -2.13. The van der Waals surface area contributed by atoms with Gasteiger partial charge < -0.3 is 10.2 Å². The van der Waals surface area contributed by atoms with Gasteiger partial charge >= 0.3 is 0 Å². The molecular formula is C11H12N4O2. The third kappa shape index (κ3) is 2.05. The Bertz CT molecular complexity index is 491. The van der Waals surface area contributed by atoms with Crippen LogP contribution in [0, 0.1) is 21.4 Å². The zero-order chi connectivity index (χ0) is 12.4. The van der Waals surface area contributed by atoms with Crippen LogP contribution in [0.15, 0.2) is 18.2 Å². The van der Waals surface area contributed by atoms with Crippen molar-refractivity contribution in [2.75, 3.05) is 25.0 Å². The second-order valence-electron chi connectivity index (χ2n) is 3.99. The van der Waals surface area contributed by atoms with Crippen LogP contribution in [0.25, 0.3) is 0 Å². The van der Waals surface area contributed by atoms with E-state index in [1.54, 1.807) is 6.07 Å². The number of likely N-dealkylation sites (N-methyl/N-ethyl adjacent to an activating group) is 1. The van der Waals surface area contributed by atoms with Crippen LogP contribution in [-0.2, 0) is 0 Å². The first-order valence-electron chi connectivity index (χ1n) is 5.25. The monoisotopic (exact) mass is 232 g/mol. The summed E-state index contributed by atoms with van der Waals surface area (Å²) in [5, 5.41) is 22.8. The van der Waals surface area contributed by atoms with Crippen molar-refractivity contribution in [3.05, 3.63) is 33.9 Å². The molecule has 0 spiro atoms. The van der Waals surface area contributed by atoms with E-state index in [1.165, 1.54) is 12.1 Å². The van der Waals surface area contributed by atoms with Crippen molar-refractivity contribution in [2.45, 2.75) is 6.04 Å². The number of nitrogens with zero attached hydrogens (tertiary/aromatic N) is 3. The highest BCUT2D eigenvalue weighted by Crippen LogP contribution is 2.26. The summed E-state index contributed by atoms with van der Waals surface area (Å²) in [6.07, 6.45) is 0. The van der Waals surface area contributed by atoms with Crippen LogP contribution in [0.1, 0.15) is 5.56 Å². The lowest BCUT2D eigenvalue weighted by atomic mass is 10.1. The highest BCUT2D eigenvalue weighted by atomic mass is 16.6. The molecule has 1 aromatic rings. The lowest BCUT2D eigenvalue weighted by molar-refractivity contribution is -0.385. The van der Waals surface area contributed by atoms with Crippen molar-refractivity contribution < 1.29 is 4.92 Å². The molecule has 0 saturated carbocycles. The van der Waals surface area contributed by atoms with E-state index in [9.17, 15) is 10.1 Å². The summed E-state index contributed by atoms with van der Waals surface area (Å²) >= 11 is 0. The lowest BCUT2D eigenvalue weighted by Gasteiger charge is -2.37. The van der Waals surface area contributed by atoms with E-state index in [-0.39, 0.29) is 11.3 Å². The summed E-state index contributed by atoms with van der Waals surface area (Å²) in [7, 11) is 1.90. The van der Waals surface area contributed by atoms with Crippen molar-refractivity contribution in [2.24, 2.45) is 0 Å². The summed E-state index contributed by atoms with van der Waals surface area (Å²) in [5.41, 5.74) is 0.727. The molecule has 2 rings (SSSR count). The SMILES string of the molecule is CN(c1ccc(C#N)c([N+](=O)[O-])c1)C1CNC1. The van der Waals surface area contributed by atoms with E-state index < -0.39 is 4.92 Å². The number of rotatable bonds is 3. The van der Waals surface area contributed by atoms with Gasteiger partial charge in [-0.15, -0.1) is 0 Å². The molecule has 17 heavy (non-hydrogen) atoms. The summed E-state index contributed by atoms with van der Waals surface area (Å²) in [6, 6.07) is 6.88. The predicted molar refractivity (Wildman–Crippen MR) is 62.9 cm³/mol. The summed E-state index contributed by atoms with van der Waals surface area (Å²) in [4.78, 5) is 12.3. The van der Waals surface area contributed by atoms with Crippen molar-refractivity contribution in [3.8, 4) is 6.07 Å². The standard InChI is InChI=1S/C11H12N4O2/c1-14(10-6-13-7-10)9-3-2-8(5-12)11(4-9)15(16)17/h2-4,10,13H,6-7H2,1H3. The zero-order valence-corrected chi connectivity index (χ0v) is 9.38. The van der Waals surface area contributed by atoms with E-state index in [0.717, 1.165) is 18.8 Å². The predicted octanol–water partition coefficient (Wildman–Crippen LogP) is 0.874. The summed E-state index contributed by atoms with van der Waals surface area (Å²) < 4.78 is 0. The molecule has 0 atom stereocenters. The number of hydrogen-bond acceptors (Lipinski definition) is 5. The Morgan fingerprint density at radius 3 is 2.76 bits per heavy atom. The van der Waals surface area contributed by atoms with Gasteiger partial charge in [-0.3, -0.25) is 10.1 Å². The number of nitro benzene ring substituents is 1. The van der Waals surface area contributed by atoms with Gasteiger partial charge in [-0.1, -0.05) is 0 Å². The average molecular weight is 232 g/mol. The molecule has 1 fully saturated rings. The normalized spacial score (nSPS) is 14.8. The second kappa shape index (κ2) is 4.39. The Morgan fingerprint density at radius 1 is 1.59 bits per heavy atom. The first kappa shape index (κ1) is 11.4. The van der Waals surface area contributed by atoms with Crippen LogP contribution in [0.5, 0.6) is 0 Å². The Balaban J connectivity index is 2.33. The molecule has 0 amide bonds. The van der Waals surface area contributed by atoms with Gasteiger partial charge in [-0.25, -0.2) is 0 Å². The maximum atomic E-state index is 10.8. The minimum absolute atomic E-state index is 0.0962. The number of hydrogen-bond donors (Lipinski definition) is 1. The second-order valence-corrected chi connectivity index (χ2v) is 3.99. The van der Waals surface area contributed by atoms with Crippen LogP contribution < -0.4 is 10.2 Å². The number of anilines is 1. The smallest absolute Gasteiger partial charge is 0.289 e. The largest absolute Gasteiger partial charge is 0.369 e.